The van der Waals surface area contributed by atoms with Gasteiger partial charge in [-0.2, -0.15) is 4.31 Å². The molecular formula is C21H19FN4O5S2. The van der Waals surface area contributed by atoms with Crippen LogP contribution in [0.1, 0.15) is 19.3 Å². The van der Waals surface area contributed by atoms with Gasteiger partial charge < -0.3 is 9.73 Å². The van der Waals surface area contributed by atoms with Crippen LogP contribution in [0.2, 0.25) is 0 Å². The maximum Gasteiger partial charge on any atom is 0.419 e. The lowest BCUT2D eigenvalue weighted by atomic mass is 10.3. The van der Waals surface area contributed by atoms with Crippen molar-refractivity contribution >= 4 is 53.7 Å². The summed E-state index contributed by atoms with van der Waals surface area (Å²) in [7, 11) is -3.64. The van der Waals surface area contributed by atoms with Crippen molar-refractivity contribution in [3.05, 3.63) is 52.8 Å². The molecule has 1 saturated heterocycles. The van der Waals surface area contributed by atoms with Gasteiger partial charge >= 0.3 is 5.76 Å². The Labute approximate surface area is 191 Å². The van der Waals surface area contributed by atoms with E-state index >= 15 is 0 Å². The molecule has 0 saturated carbocycles. The van der Waals surface area contributed by atoms with Crippen LogP contribution in [0.25, 0.3) is 21.3 Å². The molecule has 9 nitrogen and oxygen atoms in total. The Bertz CT molecular complexity index is 1530. The number of thiazole rings is 1. The predicted octanol–water partition coefficient (Wildman–Crippen LogP) is 3.16. The van der Waals surface area contributed by atoms with E-state index in [2.05, 4.69) is 10.3 Å². The van der Waals surface area contributed by atoms with Crippen LogP contribution < -0.4 is 11.1 Å². The van der Waals surface area contributed by atoms with Crippen LogP contribution in [0.15, 0.2) is 50.5 Å². The Morgan fingerprint density at radius 1 is 1.18 bits per heavy atom. The standard InChI is InChI=1S/C21H19FN4O5S2/c22-13-3-5-15-18(11-13)32-20(23-15)24-19(27)7-10-26-16-6-4-14(12-17(16)31-21(26)28)33(29,30)25-8-1-2-9-25/h3-6,11-12H,1-2,7-10H2,(H,23,24,27). The van der Waals surface area contributed by atoms with Gasteiger partial charge in [-0.1, -0.05) is 11.3 Å². The molecule has 3 heterocycles. The topological polar surface area (TPSA) is 115 Å². The highest BCUT2D eigenvalue weighted by atomic mass is 32.2. The van der Waals surface area contributed by atoms with Crippen LogP contribution >= 0.6 is 11.3 Å². The number of hydrogen-bond acceptors (Lipinski definition) is 7. The molecule has 1 fully saturated rings. The normalized spacial score (nSPS) is 14.9. The van der Waals surface area contributed by atoms with E-state index in [0.717, 1.165) is 24.2 Å². The first-order valence-corrected chi connectivity index (χ1v) is 12.6. The molecule has 1 aliphatic heterocycles. The van der Waals surface area contributed by atoms with Crippen molar-refractivity contribution in [1.82, 2.24) is 13.9 Å². The number of oxazole rings is 1. The molecule has 4 aromatic rings. The molecule has 1 N–H and O–H groups in total. The number of benzene rings is 2. The fraction of sp³-hybridized carbons (Fsp3) is 0.286. The zero-order valence-electron chi connectivity index (χ0n) is 17.3. The van der Waals surface area contributed by atoms with Gasteiger partial charge in [0.05, 0.1) is 20.6 Å². The number of carbonyl (C=O) groups excluding carboxylic acids is 1. The first-order valence-electron chi connectivity index (χ1n) is 10.3. The van der Waals surface area contributed by atoms with E-state index < -0.39 is 15.8 Å². The molecule has 172 valence electrons. The Morgan fingerprint density at radius 3 is 2.76 bits per heavy atom. The molecule has 0 spiro atoms. The number of anilines is 1. The maximum atomic E-state index is 13.3. The number of halogens is 1. The van der Waals surface area contributed by atoms with Gasteiger partial charge in [-0.25, -0.2) is 22.6 Å². The van der Waals surface area contributed by atoms with E-state index in [1.807, 2.05) is 0 Å². The highest BCUT2D eigenvalue weighted by Crippen LogP contribution is 2.27. The van der Waals surface area contributed by atoms with Crippen molar-refractivity contribution in [2.45, 2.75) is 30.7 Å². The molecule has 12 heteroatoms. The number of fused-ring (bicyclic) bond motifs is 2. The van der Waals surface area contributed by atoms with Crippen molar-refractivity contribution in [2.24, 2.45) is 0 Å². The Morgan fingerprint density at radius 2 is 1.97 bits per heavy atom. The first-order chi connectivity index (χ1) is 15.8. The van der Waals surface area contributed by atoms with Crippen LogP contribution in [0.5, 0.6) is 0 Å². The SMILES string of the molecule is O=C(CCn1c(=O)oc2cc(S(=O)(=O)N3CCCC3)ccc21)Nc1nc2ccc(F)cc2s1. The van der Waals surface area contributed by atoms with Crippen molar-refractivity contribution < 1.29 is 22.0 Å². The van der Waals surface area contributed by atoms with Crippen molar-refractivity contribution in [2.75, 3.05) is 18.4 Å². The van der Waals surface area contributed by atoms with E-state index in [1.165, 1.54) is 45.3 Å². The molecule has 0 aliphatic carbocycles. The van der Waals surface area contributed by atoms with E-state index in [9.17, 15) is 22.4 Å². The minimum Gasteiger partial charge on any atom is -0.408 e. The quantitative estimate of drug-likeness (QED) is 0.444. The Hall–Kier alpha value is -3.09. The minimum absolute atomic E-state index is 0.0351. The number of carbonyl (C=O) groups is 1. The summed E-state index contributed by atoms with van der Waals surface area (Å²) in [5.41, 5.74) is 1.13. The van der Waals surface area contributed by atoms with Gasteiger partial charge in [0.25, 0.3) is 0 Å². The number of rotatable bonds is 6. The van der Waals surface area contributed by atoms with Gasteiger partial charge in [-0.15, -0.1) is 0 Å². The number of sulfonamides is 1. The Balaban J connectivity index is 1.31. The van der Waals surface area contributed by atoms with E-state index in [-0.39, 0.29) is 35.2 Å². The van der Waals surface area contributed by atoms with Gasteiger partial charge in [0, 0.05) is 32.1 Å². The molecule has 2 aromatic heterocycles. The number of nitrogens with one attached hydrogen (secondary N) is 1. The lowest BCUT2D eigenvalue weighted by Gasteiger charge is -2.15. The smallest absolute Gasteiger partial charge is 0.408 e. The van der Waals surface area contributed by atoms with E-state index in [1.54, 1.807) is 0 Å². The van der Waals surface area contributed by atoms with Gasteiger partial charge in [-0.3, -0.25) is 9.36 Å². The summed E-state index contributed by atoms with van der Waals surface area (Å²) in [4.78, 5) is 29.0. The van der Waals surface area contributed by atoms with Crippen LogP contribution in [0.4, 0.5) is 9.52 Å². The lowest BCUT2D eigenvalue weighted by Crippen LogP contribution is -2.27. The number of nitrogens with zero attached hydrogens (tertiary/aromatic N) is 3. The van der Waals surface area contributed by atoms with Crippen molar-refractivity contribution in [3.63, 3.8) is 0 Å². The van der Waals surface area contributed by atoms with Crippen molar-refractivity contribution in [3.8, 4) is 0 Å². The maximum absolute atomic E-state index is 13.3. The molecule has 5 rings (SSSR count). The molecule has 0 unspecified atom stereocenters. The molecule has 2 aromatic carbocycles. The summed E-state index contributed by atoms with van der Waals surface area (Å²) < 4.78 is 47.4. The van der Waals surface area contributed by atoms with Gasteiger partial charge in [0.2, 0.25) is 15.9 Å². The largest absolute Gasteiger partial charge is 0.419 e. The fourth-order valence-electron chi connectivity index (χ4n) is 3.84. The average Bonchev–Trinajstić information content (AvgIpc) is 3.50. The third kappa shape index (κ3) is 4.16. The number of hydrogen-bond donors (Lipinski definition) is 1. The van der Waals surface area contributed by atoms with Gasteiger partial charge in [0.15, 0.2) is 10.7 Å². The fourth-order valence-corrected chi connectivity index (χ4v) is 6.28. The molecular weight excluding hydrogens is 471 g/mol. The molecule has 1 amide bonds. The predicted molar refractivity (Wildman–Crippen MR) is 121 cm³/mol. The lowest BCUT2D eigenvalue weighted by molar-refractivity contribution is -0.116. The number of aryl methyl sites for hydroxylation is 1. The first kappa shape index (κ1) is 21.7. The van der Waals surface area contributed by atoms with E-state index in [0.29, 0.717) is 34.0 Å². The second-order valence-electron chi connectivity index (χ2n) is 7.69. The third-order valence-corrected chi connectivity index (χ3v) is 8.33. The van der Waals surface area contributed by atoms with Crippen molar-refractivity contribution in [1.29, 1.82) is 0 Å². The second kappa shape index (κ2) is 8.36. The van der Waals surface area contributed by atoms with Gasteiger partial charge in [0.1, 0.15) is 5.82 Å². The highest BCUT2D eigenvalue weighted by Gasteiger charge is 2.28. The average molecular weight is 491 g/mol. The summed E-state index contributed by atoms with van der Waals surface area (Å²) in [5.74, 6) is -1.43. The summed E-state index contributed by atoms with van der Waals surface area (Å²) in [6, 6.07) is 8.49. The summed E-state index contributed by atoms with van der Waals surface area (Å²) >= 11 is 1.15. The summed E-state index contributed by atoms with van der Waals surface area (Å²) in [6.07, 6.45) is 1.61. The monoisotopic (exact) mass is 490 g/mol. The van der Waals surface area contributed by atoms with Crippen LogP contribution in [-0.4, -0.2) is 41.3 Å². The zero-order valence-corrected chi connectivity index (χ0v) is 18.9. The Kier molecular flexibility index (Phi) is 5.51. The minimum atomic E-state index is -3.64. The van der Waals surface area contributed by atoms with Gasteiger partial charge in [-0.05, 0) is 43.2 Å². The van der Waals surface area contributed by atoms with E-state index in [4.69, 9.17) is 4.42 Å². The van der Waals surface area contributed by atoms with Crippen LogP contribution in [0.3, 0.4) is 0 Å². The highest BCUT2D eigenvalue weighted by molar-refractivity contribution is 7.89. The molecule has 0 radical (unpaired) electrons. The number of aromatic nitrogens is 2. The summed E-state index contributed by atoms with van der Waals surface area (Å²) in [6.45, 7) is 0.990. The molecule has 0 bridgehead atoms. The molecule has 0 atom stereocenters. The summed E-state index contributed by atoms with van der Waals surface area (Å²) in [5, 5.41) is 2.99. The molecule has 33 heavy (non-hydrogen) atoms. The second-order valence-corrected chi connectivity index (χ2v) is 10.7. The molecule has 1 aliphatic rings. The van der Waals surface area contributed by atoms with Crippen LogP contribution in [0, 0.1) is 5.82 Å². The third-order valence-electron chi connectivity index (χ3n) is 5.50. The zero-order chi connectivity index (χ0) is 23.2. The number of amides is 1. The van der Waals surface area contributed by atoms with Crippen LogP contribution in [-0.2, 0) is 21.4 Å².